The lowest BCUT2D eigenvalue weighted by molar-refractivity contribution is 0.0393. The molecule has 3 atom stereocenters. The van der Waals surface area contributed by atoms with Crippen LogP contribution in [0.15, 0.2) is 73.1 Å². The van der Waals surface area contributed by atoms with Crippen LogP contribution in [0.5, 0.6) is 0 Å². The van der Waals surface area contributed by atoms with Crippen LogP contribution in [0.1, 0.15) is 52.5 Å². The lowest BCUT2D eigenvalue weighted by Gasteiger charge is -2.22. The maximum atomic E-state index is 13.0. The van der Waals surface area contributed by atoms with Gasteiger partial charge in [0.2, 0.25) is 5.95 Å². The number of rotatable bonds is 10. The number of aromatic amines is 1. The van der Waals surface area contributed by atoms with Crippen LogP contribution in [-0.2, 0) is 11.3 Å². The van der Waals surface area contributed by atoms with Crippen LogP contribution in [0, 0.1) is 6.92 Å². The first-order valence-electron chi connectivity index (χ1n) is 13.1. The number of ether oxygens (including phenoxy) is 1. The standard InChI is InChI=1S/C30H32ClN5O3/c1-19-15-33-30(35-24-11-6-12-27(24)39-18-20-7-3-2-4-8-20)36-28(19)22-14-25(32-16-22)29(38)34-26(17-37)21-9-5-10-23(31)13-21/h2-5,7-10,13-16,24,26-27,32,37H,6,11-12,17-18H2,1H3,(H,34,38)(H,33,35,36)/t24-,26+,27-/m0/s1. The lowest BCUT2D eigenvalue weighted by Crippen LogP contribution is -2.31. The van der Waals surface area contributed by atoms with Crippen molar-refractivity contribution in [1.29, 1.82) is 0 Å². The van der Waals surface area contributed by atoms with Crippen LogP contribution in [0.3, 0.4) is 0 Å². The van der Waals surface area contributed by atoms with Gasteiger partial charge in [-0.05, 0) is 61.1 Å². The molecule has 0 radical (unpaired) electrons. The van der Waals surface area contributed by atoms with Gasteiger partial charge in [-0.3, -0.25) is 4.79 Å². The summed E-state index contributed by atoms with van der Waals surface area (Å²) in [4.78, 5) is 25.3. The number of carbonyl (C=O) groups is 1. The Morgan fingerprint density at radius 2 is 2.03 bits per heavy atom. The van der Waals surface area contributed by atoms with Gasteiger partial charge < -0.3 is 25.5 Å². The van der Waals surface area contributed by atoms with Crippen molar-refractivity contribution in [2.45, 2.75) is 51.0 Å². The number of aliphatic hydroxyl groups excluding tert-OH is 1. The zero-order chi connectivity index (χ0) is 27.2. The van der Waals surface area contributed by atoms with Gasteiger partial charge in [-0.25, -0.2) is 9.97 Å². The van der Waals surface area contributed by atoms with Gasteiger partial charge in [0, 0.05) is 23.0 Å². The maximum absolute atomic E-state index is 13.0. The predicted molar refractivity (Wildman–Crippen MR) is 152 cm³/mol. The molecule has 1 saturated carbocycles. The van der Waals surface area contributed by atoms with E-state index in [9.17, 15) is 9.90 Å². The molecule has 1 amide bonds. The van der Waals surface area contributed by atoms with Crippen molar-refractivity contribution < 1.29 is 14.6 Å². The Bertz CT molecular complexity index is 1410. The van der Waals surface area contributed by atoms with Crippen LogP contribution in [0.25, 0.3) is 11.3 Å². The van der Waals surface area contributed by atoms with E-state index in [-0.39, 0.29) is 24.7 Å². The Morgan fingerprint density at radius 1 is 1.18 bits per heavy atom. The summed E-state index contributed by atoms with van der Waals surface area (Å²) in [7, 11) is 0. The smallest absolute Gasteiger partial charge is 0.268 e. The van der Waals surface area contributed by atoms with Crippen LogP contribution in [-0.4, -0.2) is 44.7 Å². The van der Waals surface area contributed by atoms with Gasteiger partial charge in [-0.1, -0.05) is 54.1 Å². The second-order valence-corrected chi connectivity index (χ2v) is 10.2. The molecule has 5 rings (SSSR count). The zero-order valence-electron chi connectivity index (χ0n) is 21.7. The summed E-state index contributed by atoms with van der Waals surface area (Å²) < 4.78 is 6.23. The number of hydrogen-bond donors (Lipinski definition) is 4. The van der Waals surface area contributed by atoms with Gasteiger partial charge in [-0.15, -0.1) is 0 Å². The SMILES string of the molecule is Cc1cnc(N[C@H]2CCC[C@@H]2OCc2ccccc2)nc1-c1c[nH]c(C(=O)N[C@H](CO)c2cccc(Cl)c2)c1. The molecule has 39 heavy (non-hydrogen) atoms. The molecule has 0 unspecified atom stereocenters. The molecule has 4 N–H and O–H groups in total. The van der Waals surface area contributed by atoms with E-state index in [4.69, 9.17) is 21.3 Å². The van der Waals surface area contributed by atoms with Gasteiger partial charge in [0.05, 0.1) is 37.1 Å². The third-order valence-electron chi connectivity index (χ3n) is 6.99. The minimum absolute atomic E-state index is 0.0834. The number of hydrogen-bond acceptors (Lipinski definition) is 6. The molecule has 8 nitrogen and oxygen atoms in total. The van der Waals surface area contributed by atoms with Gasteiger partial charge in [0.15, 0.2) is 0 Å². The number of carbonyl (C=O) groups excluding carboxylic acids is 1. The largest absolute Gasteiger partial charge is 0.394 e. The summed E-state index contributed by atoms with van der Waals surface area (Å²) in [5, 5.41) is 16.7. The van der Waals surface area contributed by atoms with Gasteiger partial charge in [0.25, 0.3) is 5.91 Å². The number of nitrogens with zero attached hydrogens (tertiary/aromatic N) is 2. The first kappa shape index (κ1) is 26.9. The van der Waals surface area contributed by atoms with Gasteiger partial charge in [0.1, 0.15) is 5.69 Å². The average Bonchev–Trinajstić information content (AvgIpc) is 3.62. The number of amides is 1. The van der Waals surface area contributed by atoms with E-state index in [0.717, 1.165) is 47.2 Å². The summed E-state index contributed by atoms with van der Waals surface area (Å²) in [6.45, 7) is 2.26. The number of aryl methyl sites for hydroxylation is 1. The van der Waals surface area contributed by atoms with E-state index < -0.39 is 6.04 Å². The summed E-state index contributed by atoms with van der Waals surface area (Å²) in [6.07, 6.45) is 6.68. The third-order valence-corrected chi connectivity index (χ3v) is 7.22. The molecule has 202 valence electrons. The van der Waals surface area contributed by atoms with Crippen molar-refractivity contribution in [1.82, 2.24) is 20.3 Å². The second-order valence-electron chi connectivity index (χ2n) is 9.81. The number of anilines is 1. The van der Waals surface area contributed by atoms with Crippen molar-refractivity contribution in [3.63, 3.8) is 0 Å². The number of halogens is 1. The molecule has 2 aromatic carbocycles. The Morgan fingerprint density at radius 3 is 2.82 bits per heavy atom. The van der Waals surface area contributed by atoms with E-state index in [2.05, 4.69) is 32.7 Å². The fourth-order valence-electron chi connectivity index (χ4n) is 4.89. The highest BCUT2D eigenvalue weighted by molar-refractivity contribution is 6.30. The second kappa shape index (κ2) is 12.4. The highest BCUT2D eigenvalue weighted by Gasteiger charge is 2.29. The Labute approximate surface area is 232 Å². The van der Waals surface area contributed by atoms with Crippen LogP contribution in [0.2, 0.25) is 5.02 Å². The molecule has 2 heterocycles. The van der Waals surface area contributed by atoms with E-state index in [1.165, 1.54) is 0 Å². The van der Waals surface area contributed by atoms with Gasteiger partial charge >= 0.3 is 0 Å². The third kappa shape index (κ3) is 6.65. The molecular weight excluding hydrogens is 514 g/mol. The van der Waals surface area contributed by atoms with Crippen molar-refractivity contribution in [3.05, 3.63) is 100 Å². The summed E-state index contributed by atoms with van der Waals surface area (Å²) in [6, 6.07) is 18.5. The van der Waals surface area contributed by atoms with Crippen LogP contribution < -0.4 is 10.6 Å². The maximum Gasteiger partial charge on any atom is 0.268 e. The monoisotopic (exact) mass is 545 g/mol. The van der Waals surface area contributed by atoms with E-state index in [1.807, 2.05) is 31.2 Å². The molecular formula is C30H32ClN5O3. The van der Waals surface area contributed by atoms with Crippen molar-refractivity contribution in [2.24, 2.45) is 0 Å². The Balaban J connectivity index is 1.26. The zero-order valence-corrected chi connectivity index (χ0v) is 22.5. The molecule has 1 aliphatic carbocycles. The van der Waals surface area contributed by atoms with Crippen LogP contribution in [0.4, 0.5) is 5.95 Å². The number of nitrogens with one attached hydrogen (secondary N) is 3. The van der Waals surface area contributed by atoms with E-state index in [0.29, 0.717) is 23.3 Å². The first-order chi connectivity index (χ1) is 19.0. The fraction of sp³-hybridized carbons (Fsp3) is 0.300. The highest BCUT2D eigenvalue weighted by Crippen LogP contribution is 2.28. The average molecular weight is 546 g/mol. The van der Waals surface area contributed by atoms with Crippen molar-refractivity contribution >= 4 is 23.5 Å². The molecule has 4 aromatic rings. The fourth-order valence-corrected chi connectivity index (χ4v) is 5.09. The van der Waals surface area contributed by atoms with Crippen LogP contribution >= 0.6 is 11.6 Å². The number of H-pyrrole nitrogens is 1. The number of aliphatic hydroxyl groups is 1. The molecule has 1 fully saturated rings. The van der Waals surface area contributed by atoms with Gasteiger partial charge in [-0.2, -0.15) is 0 Å². The Kier molecular flexibility index (Phi) is 8.56. The Hall–Kier alpha value is -3.72. The summed E-state index contributed by atoms with van der Waals surface area (Å²) in [5.74, 6) is 0.194. The molecule has 1 aliphatic rings. The molecule has 2 aromatic heterocycles. The lowest BCUT2D eigenvalue weighted by atomic mass is 10.1. The number of benzene rings is 2. The highest BCUT2D eigenvalue weighted by atomic mass is 35.5. The van der Waals surface area contributed by atoms with E-state index >= 15 is 0 Å². The first-order valence-corrected chi connectivity index (χ1v) is 13.5. The summed E-state index contributed by atoms with van der Waals surface area (Å²) >= 11 is 6.08. The molecule has 0 bridgehead atoms. The van der Waals surface area contributed by atoms with Crippen molar-refractivity contribution in [2.75, 3.05) is 11.9 Å². The topological polar surface area (TPSA) is 112 Å². The van der Waals surface area contributed by atoms with Crippen molar-refractivity contribution in [3.8, 4) is 11.3 Å². The quantitative estimate of drug-likeness (QED) is 0.211. The predicted octanol–water partition coefficient (Wildman–Crippen LogP) is 5.45. The minimum atomic E-state index is -0.581. The normalized spacial score (nSPS) is 17.6. The molecule has 0 saturated heterocycles. The minimum Gasteiger partial charge on any atom is -0.394 e. The number of aromatic nitrogens is 3. The molecule has 9 heteroatoms. The summed E-state index contributed by atoms with van der Waals surface area (Å²) in [5.41, 5.74) is 4.64. The van der Waals surface area contributed by atoms with E-state index in [1.54, 1.807) is 36.7 Å². The molecule has 0 aliphatic heterocycles. The molecule has 0 spiro atoms.